The molecule has 1 aliphatic heterocycles. The van der Waals surface area contributed by atoms with Crippen LogP contribution < -0.4 is 14.2 Å². The minimum atomic E-state index is -0.213. The summed E-state index contributed by atoms with van der Waals surface area (Å²) in [4.78, 5) is 12.3. The monoisotopic (exact) mass is 326 g/mol. The summed E-state index contributed by atoms with van der Waals surface area (Å²) in [7, 11) is 1.57. The standard InChI is InChI=1S/C19H18O5/c1-3-8-23-15-7-4-12(9-17(15)22-2)10-18-19(21)14-6-5-13(20)11-16(14)24-18/h4-7,9-11,20H,3,8H2,1-2H3/b18-10+. The lowest BCUT2D eigenvalue weighted by Crippen LogP contribution is -1.99. The molecular weight excluding hydrogens is 308 g/mol. The van der Waals surface area contributed by atoms with Crippen molar-refractivity contribution >= 4 is 11.9 Å². The first-order valence-electron chi connectivity index (χ1n) is 7.70. The summed E-state index contributed by atoms with van der Waals surface area (Å²) in [5.74, 6) is 1.67. The quantitative estimate of drug-likeness (QED) is 0.847. The highest BCUT2D eigenvalue weighted by atomic mass is 16.5. The molecule has 0 amide bonds. The van der Waals surface area contributed by atoms with Gasteiger partial charge in [0.15, 0.2) is 17.3 Å². The van der Waals surface area contributed by atoms with Gasteiger partial charge in [-0.3, -0.25) is 4.79 Å². The van der Waals surface area contributed by atoms with Crippen LogP contribution in [0.2, 0.25) is 0 Å². The molecule has 24 heavy (non-hydrogen) atoms. The first kappa shape index (κ1) is 15.9. The summed E-state index contributed by atoms with van der Waals surface area (Å²) in [6.45, 7) is 2.64. The van der Waals surface area contributed by atoms with E-state index in [0.717, 1.165) is 12.0 Å². The van der Waals surface area contributed by atoms with Gasteiger partial charge >= 0.3 is 0 Å². The SMILES string of the molecule is CCCOc1ccc(/C=C2/Oc3cc(O)ccc3C2=O)cc1OC. The van der Waals surface area contributed by atoms with Crippen LogP contribution in [-0.4, -0.2) is 24.6 Å². The number of carbonyl (C=O) groups excluding carboxylic acids is 1. The number of phenols is 1. The molecule has 5 nitrogen and oxygen atoms in total. The molecule has 2 aromatic rings. The lowest BCUT2D eigenvalue weighted by atomic mass is 10.1. The van der Waals surface area contributed by atoms with Gasteiger partial charge < -0.3 is 19.3 Å². The van der Waals surface area contributed by atoms with Crippen molar-refractivity contribution in [3.63, 3.8) is 0 Å². The molecule has 0 atom stereocenters. The second-order valence-electron chi connectivity index (χ2n) is 5.38. The Labute approximate surface area is 140 Å². The largest absolute Gasteiger partial charge is 0.508 e. The van der Waals surface area contributed by atoms with Gasteiger partial charge in [0, 0.05) is 6.07 Å². The topological polar surface area (TPSA) is 65.0 Å². The normalized spacial score (nSPS) is 14.4. The number of aromatic hydroxyl groups is 1. The van der Waals surface area contributed by atoms with Crippen molar-refractivity contribution in [2.75, 3.05) is 13.7 Å². The summed E-state index contributed by atoms with van der Waals surface area (Å²) in [5, 5.41) is 9.49. The highest BCUT2D eigenvalue weighted by molar-refractivity contribution is 6.14. The molecule has 2 aromatic carbocycles. The number of ketones is 1. The first-order valence-corrected chi connectivity index (χ1v) is 7.70. The Morgan fingerprint density at radius 2 is 2.00 bits per heavy atom. The van der Waals surface area contributed by atoms with Crippen molar-refractivity contribution < 1.29 is 24.1 Å². The van der Waals surface area contributed by atoms with Crippen molar-refractivity contribution in [2.24, 2.45) is 0 Å². The van der Waals surface area contributed by atoms with Gasteiger partial charge in [0.25, 0.3) is 0 Å². The molecule has 0 spiro atoms. The third-order valence-electron chi connectivity index (χ3n) is 3.60. The third kappa shape index (κ3) is 3.06. The number of benzene rings is 2. The van der Waals surface area contributed by atoms with Gasteiger partial charge in [-0.05, 0) is 42.3 Å². The predicted octanol–water partition coefficient (Wildman–Crippen LogP) is 3.81. The van der Waals surface area contributed by atoms with E-state index in [-0.39, 0.29) is 17.3 Å². The third-order valence-corrected chi connectivity index (χ3v) is 3.60. The fourth-order valence-corrected chi connectivity index (χ4v) is 2.43. The van der Waals surface area contributed by atoms with Crippen molar-refractivity contribution in [3.05, 3.63) is 53.3 Å². The Morgan fingerprint density at radius 3 is 2.75 bits per heavy atom. The molecule has 5 heteroatoms. The molecule has 0 unspecified atom stereocenters. The molecule has 0 bridgehead atoms. The van der Waals surface area contributed by atoms with Crippen molar-refractivity contribution in [2.45, 2.75) is 13.3 Å². The van der Waals surface area contributed by atoms with Gasteiger partial charge in [0.2, 0.25) is 5.78 Å². The van der Waals surface area contributed by atoms with Gasteiger partial charge in [0.1, 0.15) is 11.5 Å². The van der Waals surface area contributed by atoms with Gasteiger partial charge in [-0.25, -0.2) is 0 Å². The van der Waals surface area contributed by atoms with Crippen LogP contribution in [0.15, 0.2) is 42.2 Å². The maximum Gasteiger partial charge on any atom is 0.231 e. The van der Waals surface area contributed by atoms with Crippen LogP contribution in [0.3, 0.4) is 0 Å². The minimum Gasteiger partial charge on any atom is -0.508 e. The zero-order chi connectivity index (χ0) is 17.1. The first-order chi connectivity index (χ1) is 11.6. The Kier molecular flexibility index (Phi) is 4.42. The molecule has 1 N–H and O–H groups in total. The number of phenolic OH excluding ortho intramolecular Hbond substituents is 1. The van der Waals surface area contributed by atoms with Gasteiger partial charge in [-0.1, -0.05) is 13.0 Å². The molecule has 3 rings (SSSR count). The average Bonchev–Trinajstić information content (AvgIpc) is 2.88. The number of Topliss-reactive ketones (excluding diaryl/α,β-unsaturated/α-hetero) is 1. The average molecular weight is 326 g/mol. The molecule has 1 heterocycles. The second kappa shape index (κ2) is 6.66. The second-order valence-corrected chi connectivity index (χ2v) is 5.38. The van der Waals surface area contributed by atoms with E-state index in [0.29, 0.717) is 29.4 Å². The van der Waals surface area contributed by atoms with E-state index < -0.39 is 0 Å². The van der Waals surface area contributed by atoms with Crippen LogP contribution in [0, 0.1) is 0 Å². The van der Waals surface area contributed by atoms with E-state index in [1.165, 1.54) is 12.1 Å². The van der Waals surface area contributed by atoms with E-state index >= 15 is 0 Å². The molecule has 0 radical (unpaired) electrons. The van der Waals surface area contributed by atoms with Crippen LogP contribution in [-0.2, 0) is 0 Å². The van der Waals surface area contributed by atoms with Crippen LogP contribution in [0.5, 0.6) is 23.0 Å². The summed E-state index contributed by atoms with van der Waals surface area (Å²) in [6.07, 6.45) is 2.55. The summed E-state index contributed by atoms with van der Waals surface area (Å²) in [5.41, 5.74) is 1.20. The van der Waals surface area contributed by atoms with E-state index in [2.05, 4.69) is 0 Å². The van der Waals surface area contributed by atoms with Crippen LogP contribution in [0.1, 0.15) is 29.3 Å². The van der Waals surface area contributed by atoms with Gasteiger partial charge in [-0.2, -0.15) is 0 Å². The molecule has 0 saturated heterocycles. The molecule has 0 saturated carbocycles. The highest BCUT2D eigenvalue weighted by Gasteiger charge is 2.27. The van der Waals surface area contributed by atoms with Crippen LogP contribution in [0.4, 0.5) is 0 Å². The minimum absolute atomic E-state index is 0.0573. The molecule has 1 aliphatic rings. The Morgan fingerprint density at radius 1 is 1.17 bits per heavy atom. The number of fused-ring (bicyclic) bond motifs is 1. The maximum absolute atomic E-state index is 12.3. The number of hydrogen-bond acceptors (Lipinski definition) is 5. The van der Waals surface area contributed by atoms with E-state index in [4.69, 9.17) is 14.2 Å². The van der Waals surface area contributed by atoms with Gasteiger partial charge in [0.05, 0.1) is 19.3 Å². The number of rotatable bonds is 5. The molecule has 0 aromatic heterocycles. The highest BCUT2D eigenvalue weighted by Crippen LogP contribution is 2.35. The van der Waals surface area contributed by atoms with Crippen molar-refractivity contribution in [3.8, 4) is 23.0 Å². The zero-order valence-electron chi connectivity index (χ0n) is 13.5. The van der Waals surface area contributed by atoms with Crippen LogP contribution in [0.25, 0.3) is 6.08 Å². The summed E-state index contributed by atoms with van der Waals surface area (Å²) >= 11 is 0. The number of ether oxygens (including phenoxy) is 3. The smallest absolute Gasteiger partial charge is 0.231 e. The Bertz CT molecular complexity index is 807. The van der Waals surface area contributed by atoms with Crippen molar-refractivity contribution in [1.29, 1.82) is 0 Å². The Hall–Kier alpha value is -2.95. The maximum atomic E-state index is 12.3. The lowest BCUT2D eigenvalue weighted by Gasteiger charge is -2.10. The number of hydrogen-bond donors (Lipinski definition) is 1. The van der Waals surface area contributed by atoms with Gasteiger partial charge in [-0.15, -0.1) is 0 Å². The fraction of sp³-hybridized carbons (Fsp3) is 0.211. The fourth-order valence-electron chi connectivity index (χ4n) is 2.43. The molecule has 0 aliphatic carbocycles. The van der Waals surface area contributed by atoms with E-state index in [1.54, 1.807) is 31.4 Å². The van der Waals surface area contributed by atoms with E-state index in [9.17, 15) is 9.90 Å². The summed E-state index contributed by atoms with van der Waals surface area (Å²) < 4.78 is 16.5. The number of carbonyl (C=O) groups is 1. The lowest BCUT2D eigenvalue weighted by molar-refractivity contribution is 0.101. The summed E-state index contributed by atoms with van der Waals surface area (Å²) in [6, 6.07) is 9.87. The van der Waals surface area contributed by atoms with Crippen molar-refractivity contribution in [1.82, 2.24) is 0 Å². The van der Waals surface area contributed by atoms with E-state index in [1.807, 2.05) is 13.0 Å². The number of methoxy groups -OCH3 is 1. The molecule has 0 fully saturated rings. The Balaban J connectivity index is 1.88. The molecule has 124 valence electrons. The van der Waals surface area contributed by atoms with Crippen LogP contribution >= 0.6 is 0 Å². The molecular formula is C19H18O5. The predicted molar refractivity (Wildman–Crippen MR) is 89.8 cm³/mol. The zero-order valence-corrected chi connectivity index (χ0v) is 13.5. The number of allylic oxidation sites excluding steroid dienone is 1.